The molecule has 19 nitrogen and oxygen atoms in total. The van der Waals surface area contributed by atoms with Crippen LogP contribution in [0.4, 0.5) is 21.0 Å². The van der Waals surface area contributed by atoms with Gasteiger partial charge < -0.3 is 24.8 Å². The fraction of sp³-hybridized carbons (Fsp3) is 0.340. The van der Waals surface area contributed by atoms with Gasteiger partial charge in [0.25, 0.3) is 21.9 Å². The maximum Gasteiger partial charge on any atom is 0.414 e. The summed E-state index contributed by atoms with van der Waals surface area (Å²) in [5.74, 6) is -1.00. The number of carbonyl (C=O) groups excluding carboxylic acids is 5. The molecule has 3 fully saturated rings. The second-order valence-electron chi connectivity index (χ2n) is 15.9. The van der Waals surface area contributed by atoms with Crippen molar-refractivity contribution in [1.82, 2.24) is 20.4 Å². The number of hydrogen-bond acceptors (Lipinski definition) is 15. The summed E-state index contributed by atoms with van der Waals surface area (Å²) in [4.78, 5) is 68.3. The van der Waals surface area contributed by atoms with Crippen molar-refractivity contribution >= 4 is 63.1 Å². The first-order valence-electron chi connectivity index (χ1n) is 21.7. The lowest BCUT2D eigenvalue weighted by atomic mass is 10.1. The number of carbonyl (C=O) groups is 5. The molecule has 67 heavy (non-hydrogen) atoms. The van der Waals surface area contributed by atoms with Crippen LogP contribution in [0.25, 0.3) is 0 Å². The summed E-state index contributed by atoms with van der Waals surface area (Å²) in [5, 5.41) is 21.4. The van der Waals surface area contributed by atoms with E-state index < -0.39 is 34.3 Å². The molecule has 2 atom stereocenters. The van der Waals surface area contributed by atoms with Crippen molar-refractivity contribution in [2.75, 3.05) is 81.6 Å². The third-order valence-corrected chi connectivity index (χ3v) is 11.3. The van der Waals surface area contributed by atoms with Crippen LogP contribution in [0.5, 0.6) is 0 Å². The zero-order valence-corrected chi connectivity index (χ0v) is 38.0. The summed E-state index contributed by atoms with van der Waals surface area (Å²) >= 11 is 0. The Hall–Kier alpha value is -7.00. The molecule has 0 spiro atoms. The van der Waals surface area contributed by atoms with E-state index in [2.05, 4.69) is 31.5 Å². The van der Waals surface area contributed by atoms with Crippen molar-refractivity contribution < 1.29 is 50.8 Å². The lowest BCUT2D eigenvalue weighted by Crippen LogP contribution is -2.50. The smallest absolute Gasteiger partial charge is 0.414 e. The summed E-state index contributed by atoms with van der Waals surface area (Å²) in [6, 6.07) is 30.6. The topological polar surface area (TPSA) is 241 Å². The highest BCUT2D eigenvalue weighted by molar-refractivity contribution is 7.86. The Labute approximate surface area is 389 Å². The number of hydrogen-bond donors (Lipinski definition) is 4. The maximum absolute atomic E-state index is 12.6. The van der Waals surface area contributed by atoms with Crippen molar-refractivity contribution in [1.29, 1.82) is 10.8 Å². The molecule has 354 valence electrons. The minimum atomic E-state index is -3.62. The third kappa shape index (κ3) is 14.8. The van der Waals surface area contributed by atoms with Crippen LogP contribution in [0.1, 0.15) is 51.6 Å². The highest BCUT2D eigenvalue weighted by Gasteiger charge is 2.35. The molecule has 3 saturated heterocycles. The molecule has 3 aliphatic rings. The standard InChI is InChI=1S/C28H35N5O5.C19H19N3O6S/c1-2-3-17-37-25(34)20-32-15-13-31(14-16-32)18-24-19-33(28(36)38-24)23-11-9-21(10-12-23)26(29)30-27(35)22-7-5-4-6-8-22;1-29(25,26)27-12-16-11-22(19(24)28-16)15-9-7-13(8-10-15)17(20)21-18(23)14-5-3-2-4-6-14/h4-12,24H,2-3,13-20H2,1H3,(H2,29,30,35);2-10,16H,11-12H2,1H3,(H2,20,21,23). The monoisotopic (exact) mass is 938 g/mol. The SMILES string of the molecule is CCCCOC(=O)CN1CCN(CC2CN(c3ccc(C(=N)NC(=O)c4ccccc4)cc3)C(=O)O2)CC1.CS(=O)(=O)OCC1CN(c2ccc(C(=N)NC(=O)c3ccccc3)cc2)C(=O)O1. The molecule has 4 amide bonds. The summed E-state index contributed by atoms with van der Waals surface area (Å²) in [7, 11) is -3.62. The number of esters is 1. The largest absolute Gasteiger partial charge is 0.465 e. The van der Waals surface area contributed by atoms with E-state index in [0.29, 0.717) is 59.9 Å². The number of unbranched alkanes of at least 4 members (excludes halogenated alkanes) is 1. The van der Waals surface area contributed by atoms with E-state index in [9.17, 15) is 32.4 Å². The average molecular weight is 939 g/mol. The van der Waals surface area contributed by atoms with Crippen LogP contribution in [-0.2, 0) is 33.3 Å². The number of cyclic esters (lactones) is 2. The Balaban J connectivity index is 0.000000229. The molecule has 7 rings (SSSR count). The second kappa shape index (κ2) is 23.4. The van der Waals surface area contributed by atoms with Gasteiger partial charge in [-0.25, -0.2) is 9.59 Å². The third-order valence-electron chi connectivity index (χ3n) is 10.7. The number of ether oxygens (including phenoxy) is 3. The summed E-state index contributed by atoms with van der Waals surface area (Å²) in [5.41, 5.74) is 3.11. The van der Waals surface area contributed by atoms with Crippen LogP contribution in [-0.4, -0.2) is 144 Å². The van der Waals surface area contributed by atoms with Gasteiger partial charge in [0.15, 0.2) is 0 Å². The van der Waals surface area contributed by atoms with Gasteiger partial charge in [0, 0.05) is 66.4 Å². The molecule has 0 aliphatic carbocycles. The van der Waals surface area contributed by atoms with Gasteiger partial charge in [-0.3, -0.25) is 49.0 Å². The quantitative estimate of drug-likeness (QED) is 0.0303. The van der Waals surface area contributed by atoms with E-state index in [0.717, 1.165) is 45.3 Å². The van der Waals surface area contributed by atoms with Gasteiger partial charge in [0.05, 0.1) is 32.5 Å². The van der Waals surface area contributed by atoms with E-state index in [1.807, 2.05) is 6.07 Å². The van der Waals surface area contributed by atoms with Crippen LogP contribution >= 0.6 is 0 Å². The Morgan fingerprint density at radius 3 is 1.57 bits per heavy atom. The van der Waals surface area contributed by atoms with Crippen LogP contribution < -0.4 is 20.4 Å². The lowest BCUT2D eigenvalue weighted by molar-refractivity contribution is -0.145. The predicted octanol–water partition coefficient (Wildman–Crippen LogP) is 4.47. The Kier molecular flexibility index (Phi) is 17.3. The van der Waals surface area contributed by atoms with Gasteiger partial charge in [-0.2, -0.15) is 8.42 Å². The Bertz CT molecular complexity index is 2490. The summed E-state index contributed by atoms with van der Waals surface area (Å²) in [6.07, 6.45) is 0.830. The first-order chi connectivity index (χ1) is 32.1. The molecule has 0 saturated carbocycles. The molecular formula is C47H54N8O11S. The Morgan fingerprint density at radius 1 is 0.657 bits per heavy atom. The molecule has 4 aromatic rings. The Morgan fingerprint density at radius 2 is 1.10 bits per heavy atom. The van der Waals surface area contributed by atoms with Gasteiger partial charge in [-0.1, -0.05) is 49.7 Å². The van der Waals surface area contributed by atoms with E-state index in [1.165, 1.54) is 4.90 Å². The van der Waals surface area contributed by atoms with Crippen LogP contribution in [0, 0.1) is 10.8 Å². The maximum atomic E-state index is 12.6. The first kappa shape index (κ1) is 49.4. The number of nitrogens with zero attached hydrogens (tertiary/aromatic N) is 4. The zero-order chi connectivity index (χ0) is 47.9. The summed E-state index contributed by atoms with van der Waals surface area (Å²) in [6.45, 7) is 6.92. The molecule has 0 bridgehead atoms. The molecular weight excluding hydrogens is 885 g/mol. The molecule has 3 aliphatic heterocycles. The second-order valence-corrected chi connectivity index (χ2v) is 17.5. The fourth-order valence-corrected chi connectivity index (χ4v) is 7.53. The molecule has 2 unspecified atom stereocenters. The molecule has 4 N–H and O–H groups in total. The van der Waals surface area contributed by atoms with E-state index in [4.69, 9.17) is 25.0 Å². The zero-order valence-electron chi connectivity index (χ0n) is 37.2. The highest BCUT2D eigenvalue weighted by atomic mass is 32.2. The first-order valence-corrected chi connectivity index (χ1v) is 23.5. The van der Waals surface area contributed by atoms with E-state index in [-0.39, 0.29) is 42.8 Å². The number of nitrogens with one attached hydrogen (secondary N) is 4. The van der Waals surface area contributed by atoms with Crippen molar-refractivity contribution in [3.63, 3.8) is 0 Å². The highest BCUT2D eigenvalue weighted by Crippen LogP contribution is 2.24. The number of amidine groups is 2. The minimum Gasteiger partial charge on any atom is -0.465 e. The van der Waals surface area contributed by atoms with Crippen molar-refractivity contribution in [2.24, 2.45) is 0 Å². The normalized spacial score (nSPS) is 17.4. The van der Waals surface area contributed by atoms with Gasteiger partial charge >= 0.3 is 18.2 Å². The average Bonchev–Trinajstić information content (AvgIpc) is 3.90. The number of piperazine rings is 1. The number of benzene rings is 4. The van der Waals surface area contributed by atoms with Crippen molar-refractivity contribution in [3.05, 3.63) is 131 Å². The molecule has 4 aromatic carbocycles. The number of anilines is 2. The van der Waals surface area contributed by atoms with Crippen molar-refractivity contribution in [3.8, 4) is 0 Å². The van der Waals surface area contributed by atoms with Gasteiger partial charge in [0.1, 0.15) is 30.5 Å². The van der Waals surface area contributed by atoms with E-state index >= 15 is 0 Å². The number of rotatable bonds is 16. The van der Waals surface area contributed by atoms with Crippen LogP contribution in [0.15, 0.2) is 109 Å². The fourth-order valence-electron chi connectivity index (χ4n) is 7.13. The van der Waals surface area contributed by atoms with Crippen LogP contribution in [0.3, 0.4) is 0 Å². The molecule has 0 aromatic heterocycles. The molecule has 20 heteroatoms. The van der Waals surface area contributed by atoms with Gasteiger partial charge in [0.2, 0.25) is 0 Å². The lowest BCUT2D eigenvalue weighted by Gasteiger charge is -2.34. The molecule has 3 heterocycles. The van der Waals surface area contributed by atoms with Crippen LogP contribution in [0.2, 0.25) is 0 Å². The number of amides is 4. The minimum absolute atomic E-state index is 0.0133. The van der Waals surface area contributed by atoms with Gasteiger partial charge in [-0.15, -0.1) is 0 Å². The predicted molar refractivity (Wildman–Crippen MR) is 249 cm³/mol. The van der Waals surface area contributed by atoms with Gasteiger partial charge in [-0.05, 0) is 79.2 Å². The van der Waals surface area contributed by atoms with E-state index in [1.54, 1.807) is 108 Å². The summed E-state index contributed by atoms with van der Waals surface area (Å²) < 4.78 is 42.8. The van der Waals surface area contributed by atoms with Crippen molar-refractivity contribution in [2.45, 2.75) is 32.0 Å². The molecule has 0 radical (unpaired) electrons.